The molecule has 1 aromatic rings. The average Bonchev–Trinajstić information content (AvgIpc) is 3.12. The zero-order chi connectivity index (χ0) is 13.6. The maximum atomic E-state index is 6.04. The molecular formula is C18H26O2. The molecule has 2 aliphatic carbocycles. The number of rotatable bonds is 6. The van der Waals surface area contributed by atoms with Crippen LogP contribution < -0.4 is 4.74 Å². The summed E-state index contributed by atoms with van der Waals surface area (Å²) in [6.07, 6.45) is 11.2. The lowest BCUT2D eigenvalue weighted by molar-refractivity contribution is 0.0489. The highest BCUT2D eigenvalue weighted by atomic mass is 16.5. The van der Waals surface area contributed by atoms with Gasteiger partial charge in [0.2, 0.25) is 0 Å². The van der Waals surface area contributed by atoms with E-state index in [2.05, 4.69) is 12.1 Å². The molecular weight excluding hydrogens is 248 g/mol. The van der Waals surface area contributed by atoms with E-state index in [0.717, 1.165) is 18.3 Å². The Labute approximate surface area is 122 Å². The van der Waals surface area contributed by atoms with Gasteiger partial charge in [0.25, 0.3) is 0 Å². The first-order valence-electron chi connectivity index (χ1n) is 8.23. The summed E-state index contributed by atoms with van der Waals surface area (Å²) >= 11 is 0. The van der Waals surface area contributed by atoms with Gasteiger partial charge in [-0.3, -0.25) is 0 Å². The number of hydrogen-bond acceptors (Lipinski definition) is 2. The lowest BCUT2D eigenvalue weighted by Gasteiger charge is -2.15. The summed E-state index contributed by atoms with van der Waals surface area (Å²) in [5.41, 5.74) is 0. The topological polar surface area (TPSA) is 18.5 Å². The maximum absolute atomic E-state index is 6.04. The first-order chi connectivity index (χ1) is 9.90. The largest absolute Gasteiger partial charge is 0.490 e. The highest BCUT2D eigenvalue weighted by molar-refractivity contribution is 5.21. The van der Waals surface area contributed by atoms with E-state index in [4.69, 9.17) is 9.47 Å². The molecule has 0 saturated heterocycles. The Morgan fingerprint density at radius 1 is 0.900 bits per heavy atom. The Kier molecular flexibility index (Phi) is 4.96. The number of ether oxygens (including phenoxy) is 2. The normalized spacial score (nSPS) is 27.0. The van der Waals surface area contributed by atoms with E-state index in [9.17, 15) is 0 Å². The highest BCUT2D eigenvalue weighted by Gasteiger charge is 2.26. The summed E-state index contributed by atoms with van der Waals surface area (Å²) in [5, 5.41) is 0. The van der Waals surface area contributed by atoms with Gasteiger partial charge in [0, 0.05) is 6.61 Å². The van der Waals surface area contributed by atoms with Crippen LogP contribution in [-0.4, -0.2) is 18.8 Å². The van der Waals surface area contributed by atoms with E-state index in [1.165, 1.54) is 51.4 Å². The maximum Gasteiger partial charge on any atom is 0.119 e. The summed E-state index contributed by atoms with van der Waals surface area (Å²) in [6.45, 7) is 0.952. The van der Waals surface area contributed by atoms with Gasteiger partial charge in [0.1, 0.15) is 5.75 Å². The van der Waals surface area contributed by atoms with Crippen LogP contribution in [0.25, 0.3) is 0 Å². The van der Waals surface area contributed by atoms with Crippen molar-refractivity contribution in [3.05, 3.63) is 30.3 Å². The van der Waals surface area contributed by atoms with Crippen molar-refractivity contribution in [2.45, 2.75) is 63.6 Å². The lowest BCUT2D eigenvalue weighted by atomic mass is 10.0. The Hall–Kier alpha value is -1.02. The minimum Gasteiger partial charge on any atom is -0.490 e. The Morgan fingerprint density at radius 3 is 2.50 bits per heavy atom. The molecule has 0 spiro atoms. The molecule has 2 fully saturated rings. The summed E-state index contributed by atoms with van der Waals surface area (Å²) in [6, 6.07) is 10.2. The van der Waals surface area contributed by atoms with Gasteiger partial charge in [-0.1, -0.05) is 31.0 Å². The molecule has 2 heteroatoms. The van der Waals surface area contributed by atoms with Gasteiger partial charge < -0.3 is 9.47 Å². The zero-order valence-electron chi connectivity index (χ0n) is 12.3. The highest BCUT2D eigenvalue weighted by Crippen LogP contribution is 2.31. The van der Waals surface area contributed by atoms with Crippen LogP contribution in [0.15, 0.2) is 30.3 Å². The molecule has 0 bridgehead atoms. The molecule has 0 heterocycles. The smallest absolute Gasteiger partial charge is 0.119 e. The van der Waals surface area contributed by atoms with Crippen molar-refractivity contribution < 1.29 is 9.47 Å². The van der Waals surface area contributed by atoms with Crippen LogP contribution in [0.5, 0.6) is 5.75 Å². The Bertz CT molecular complexity index is 384. The van der Waals surface area contributed by atoms with Gasteiger partial charge >= 0.3 is 0 Å². The monoisotopic (exact) mass is 274 g/mol. The summed E-state index contributed by atoms with van der Waals surface area (Å²) in [4.78, 5) is 0. The van der Waals surface area contributed by atoms with Crippen LogP contribution in [0.3, 0.4) is 0 Å². The summed E-state index contributed by atoms with van der Waals surface area (Å²) in [5.74, 6) is 1.81. The third kappa shape index (κ3) is 3.99. The van der Waals surface area contributed by atoms with Crippen LogP contribution in [0.4, 0.5) is 0 Å². The van der Waals surface area contributed by atoms with E-state index >= 15 is 0 Å². The zero-order valence-corrected chi connectivity index (χ0v) is 12.3. The molecule has 2 aliphatic rings. The van der Waals surface area contributed by atoms with Crippen LogP contribution in [-0.2, 0) is 4.74 Å². The second-order valence-corrected chi connectivity index (χ2v) is 6.30. The van der Waals surface area contributed by atoms with E-state index in [0.29, 0.717) is 12.2 Å². The van der Waals surface area contributed by atoms with Crippen LogP contribution in [0.1, 0.15) is 51.4 Å². The number of para-hydroxylation sites is 1. The fourth-order valence-corrected chi connectivity index (χ4v) is 3.55. The minimum atomic E-state index is 0.411. The van der Waals surface area contributed by atoms with Crippen LogP contribution >= 0.6 is 0 Å². The molecule has 3 rings (SSSR count). The van der Waals surface area contributed by atoms with Crippen molar-refractivity contribution in [2.75, 3.05) is 6.61 Å². The molecule has 110 valence electrons. The fourth-order valence-electron chi connectivity index (χ4n) is 3.55. The molecule has 1 aromatic carbocycles. The number of hydrogen-bond donors (Lipinski definition) is 0. The van der Waals surface area contributed by atoms with E-state index < -0.39 is 0 Å². The third-order valence-corrected chi connectivity index (χ3v) is 4.72. The average molecular weight is 274 g/mol. The molecule has 0 aromatic heterocycles. The number of benzene rings is 1. The van der Waals surface area contributed by atoms with Crippen LogP contribution in [0, 0.1) is 5.92 Å². The molecule has 0 radical (unpaired) electrons. The first kappa shape index (κ1) is 13.9. The van der Waals surface area contributed by atoms with E-state index in [-0.39, 0.29) is 0 Å². The van der Waals surface area contributed by atoms with Gasteiger partial charge in [0.05, 0.1) is 12.2 Å². The van der Waals surface area contributed by atoms with Crippen molar-refractivity contribution in [1.82, 2.24) is 0 Å². The molecule has 2 unspecified atom stereocenters. The quantitative estimate of drug-likeness (QED) is 0.755. The van der Waals surface area contributed by atoms with Gasteiger partial charge in [-0.25, -0.2) is 0 Å². The van der Waals surface area contributed by atoms with Gasteiger partial charge in [-0.15, -0.1) is 0 Å². The second-order valence-electron chi connectivity index (χ2n) is 6.30. The predicted molar refractivity (Wildman–Crippen MR) is 81.0 cm³/mol. The third-order valence-electron chi connectivity index (χ3n) is 4.72. The van der Waals surface area contributed by atoms with Crippen molar-refractivity contribution >= 4 is 0 Å². The first-order valence-corrected chi connectivity index (χ1v) is 8.23. The Morgan fingerprint density at radius 2 is 1.70 bits per heavy atom. The van der Waals surface area contributed by atoms with Gasteiger partial charge in [0.15, 0.2) is 0 Å². The van der Waals surface area contributed by atoms with Crippen molar-refractivity contribution in [3.8, 4) is 5.75 Å². The van der Waals surface area contributed by atoms with E-state index in [1.54, 1.807) is 0 Å². The molecule has 0 N–H and O–H groups in total. The van der Waals surface area contributed by atoms with Crippen LogP contribution in [0.2, 0.25) is 0 Å². The van der Waals surface area contributed by atoms with Gasteiger partial charge in [-0.2, -0.15) is 0 Å². The SMILES string of the molecule is c1ccc(OC2CCC(CCOC3CCCC3)C2)cc1. The summed E-state index contributed by atoms with van der Waals surface area (Å²) in [7, 11) is 0. The molecule has 20 heavy (non-hydrogen) atoms. The molecule has 0 amide bonds. The molecule has 2 saturated carbocycles. The van der Waals surface area contributed by atoms with Crippen molar-refractivity contribution in [1.29, 1.82) is 0 Å². The molecule has 0 aliphatic heterocycles. The molecule has 2 atom stereocenters. The predicted octanol–water partition coefficient (Wildman–Crippen LogP) is 4.58. The minimum absolute atomic E-state index is 0.411. The summed E-state index contributed by atoms with van der Waals surface area (Å²) < 4.78 is 12.0. The molecule has 2 nitrogen and oxygen atoms in total. The lowest BCUT2D eigenvalue weighted by Crippen LogP contribution is -2.14. The standard InChI is InChI=1S/C18H26O2/c1-2-8-17(9-3-1)20-18-11-10-15(14-18)12-13-19-16-6-4-5-7-16/h1-3,8-9,15-16,18H,4-7,10-14H2. The fraction of sp³-hybridized carbons (Fsp3) is 0.667. The van der Waals surface area contributed by atoms with Crippen molar-refractivity contribution in [3.63, 3.8) is 0 Å². The Balaban J connectivity index is 1.34. The van der Waals surface area contributed by atoms with E-state index in [1.807, 2.05) is 18.2 Å². The second kappa shape index (κ2) is 7.12. The van der Waals surface area contributed by atoms with Gasteiger partial charge in [-0.05, 0) is 56.6 Å². The van der Waals surface area contributed by atoms with Crippen molar-refractivity contribution in [2.24, 2.45) is 5.92 Å².